The molecule has 29 heavy (non-hydrogen) atoms. The maximum atomic E-state index is 7.64. The molecule has 0 fully saturated rings. The third-order valence-corrected chi connectivity index (χ3v) is 4.08. The molecule has 1 aromatic heterocycles. The molecule has 0 amide bonds. The van der Waals surface area contributed by atoms with E-state index in [1.165, 1.54) is 0 Å². The summed E-state index contributed by atoms with van der Waals surface area (Å²) in [5.74, 6) is 0.842. The molecule has 2 rings (SSSR count). The van der Waals surface area contributed by atoms with E-state index in [1.807, 2.05) is 30.5 Å². The number of anilines is 1. The van der Waals surface area contributed by atoms with Crippen LogP contribution in [0.3, 0.4) is 0 Å². The van der Waals surface area contributed by atoms with Gasteiger partial charge in [-0.25, -0.2) is 10.5 Å². The van der Waals surface area contributed by atoms with Crippen LogP contribution in [0.25, 0.3) is 10.9 Å². The molecule has 3 unspecified atom stereocenters. The average molecular weight is 453 g/mol. The van der Waals surface area contributed by atoms with Gasteiger partial charge in [0, 0.05) is 23.7 Å². The highest BCUT2D eigenvalue weighted by atomic mass is 31.1. The molecular formula is C15H25N3O9P2. The van der Waals surface area contributed by atoms with Crippen LogP contribution in [-0.2, 0) is 28.8 Å². The number of pyridine rings is 1. The molecule has 0 aliphatic rings. The van der Waals surface area contributed by atoms with E-state index in [-0.39, 0.29) is 0 Å². The van der Waals surface area contributed by atoms with Crippen LogP contribution >= 0.6 is 18.1 Å². The van der Waals surface area contributed by atoms with Crippen molar-refractivity contribution in [3.05, 3.63) is 30.5 Å². The van der Waals surface area contributed by atoms with Crippen molar-refractivity contribution in [2.75, 3.05) is 19.0 Å². The zero-order valence-electron chi connectivity index (χ0n) is 15.9. The number of hydrogen-bond donors (Lipinski definition) is 4. The van der Waals surface area contributed by atoms with Crippen LogP contribution in [0.2, 0.25) is 0 Å². The first-order chi connectivity index (χ1) is 14.2. The number of benzene rings is 1. The Morgan fingerprint density at radius 2 is 2.00 bits per heavy atom. The monoisotopic (exact) mass is 453 g/mol. The van der Waals surface area contributed by atoms with Gasteiger partial charge in [0.05, 0.1) is 18.3 Å². The van der Waals surface area contributed by atoms with E-state index in [0.29, 0.717) is 6.04 Å². The lowest BCUT2D eigenvalue weighted by Gasteiger charge is -2.17. The van der Waals surface area contributed by atoms with Gasteiger partial charge in [-0.3, -0.25) is 4.98 Å². The number of nitrogens with zero attached hydrogens (tertiary/aromatic N) is 1. The number of fused-ring (bicyclic) bond motifs is 1. The molecule has 0 radical (unpaired) electrons. The molecule has 14 heteroatoms. The molecule has 1 aromatic carbocycles. The predicted molar refractivity (Wildman–Crippen MR) is 108 cm³/mol. The Kier molecular flexibility index (Phi) is 14.7. The fourth-order valence-electron chi connectivity index (χ4n) is 2.25. The zero-order valence-corrected chi connectivity index (χ0v) is 17.9. The molecule has 0 bridgehead atoms. The van der Waals surface area contributed by atoms with Crippen LogP contribution in [0.15, 0.2) is 30.5 Å². The largest absolute Gasteiger partial charge is 0.497 e. The SMILES string of the molecule is COc1cc(NC(C)CCCN)c2ncccc2c1.OOOOPOOPOO. The van der Waals surface area contributed by atoms with Crippen molar-refractivity contribution in [1.29, 1.82) is 0 Å². The van der Waals surface area contributed by atoms with Crippen molar-refractivity contribution in [2.24, 2.45) is 5.73 Å². The summed E-state index contributed by atoms with van der Waals surface area (Å²) >= 11 is 0. The van der Waals surface area contributed by atoms with Crippen molar-refractivity contribution >= 4 is 34.7 Å². The summed E-state index contributed by atoms with van der Waals surface area (Å²) in [4.78, 5) is 4.45. The van der Waals surface area contributed by atoms with Gasteiger partial charge in [0.15, 0.2) is 0 Å². The van der Waals surface area contributed by atoms with Crippen LogP contribution in [0.4, 0.5) is 5.69 Å². The number of nitrogens with two attached hydrogens (primary N) is 1. The Hall–Kier alpha value is -1.27. The van der Waals surface area contributed by atoms with Crippen LogP contribution in [0.1, 0.15) is 19.8 Å². The molecule has 0 aliphatic heterocycles. The first-order valence-electron chi connectivity index (χ1n) is 8.32. The maximum Gasteiger partial charge on any atom is 0.235 e. The molecule has 0 saturated carbocycles. The van der Waals surface area contributed by atoms with Gasteiger partial charge in [-0.2, -0.15) is 18.7 Å². The smallest absolute Gasteiger partial charge is 0.235 e. The van der Waals surface area contributed by atoms with Gasteiger partial charge in [0.1, 0.15) is 5.75 Å². The lowest BCUT2D eigenvalue weighted by atomic mass is 10.1. The molecular weight excluding hydrogens is 428 g/mol. The normalized spacial score (nSPS) is 12.4. The number of aromatic nitrogens is 1. The minimum Gasteiger partial charge on any atom is -0.497 e. The lowest BCUT2D eigenvalue weighted by molar-refractivity contribution is -0.594. The van der Waals surface area contributed by atoms with Crippen molar-refractivity contribution in [3.63, 3.8) is 0 Å². The van der Waals surface area contributed by atoms with E-state index in [0.717, 1.165) is 41.7 Å². The second-order valence-electron chi connectivity index (χ2n) is 5.38. The van der Waals surface area contributed by atoms with Crippen LogP contribution in [0.5, 0.6) is 5.75 Å². The third kappa shape index (κ3) is 10.9. The molecule has 3 atom stereocenters. The fraction of sp³-hybridized carbons (Fsp3) is 0.400. The summed E-state index contributed by atoms with van der Waals surface area (Å²) in [5, 5.41) is 26.2. The summed E-state index contributed by atoms with van der Waals surface area (Å²) in [6.07, 6.45) is 3.87. The van der Waals surface area contributed by atoms with Crippen LogP contribution < -0.4 is 15.8 Å². The molecule has 2 aromatic rings. The van der Waals surface area contributed by atoms with Gasteiger partial charge >= 0.3 is 0 Å². The number of hydrogen-bond acceptors (Lipinski definition) is 12. The fourth-order valence-corrected chi connectivity index (χ4v) is 2.64. The Bertz CT molecular complexity index is 679. The van der Waals surface area contributed by atoms with E-state index in [4.69, 9.17) is 21.0 Å². The first-order valence-corrected chi connectivity index (χ1v) is 9.95. The quantitative estimate of drug-likeness (QED) is 0.152. The summed E-state index contributed by atoms with van der Waals surface area (Å²) in [7, 11) is 0.343. The highest BCUT2D eigenvalue weighted by Crippen LogP contribution is 2.28. The number of rotatable bonds is 13. The molecule has 0 aliphatic carbocycles. The summed E-state index contributed by atoms with van der Waals surface area (Å²) < 4.78 is 20.8. The van der Waals surface area contributed by atoms with Crippen LogP contribution in [0, 0.1) is 0 Å². The number of methoxy groups -OCH3 is 1. The molecule has 1 heterocycles. The van der Waals surface area contributed by atoms with Gasteiger partial charge < -0.3 is 15.8 Å². The zero-order chi connectivity index (χ0) is 21.3. The highest BCUT2D eigenvalue weighted by Gasteiger charge is 2.08. The number of nitrogens with one attached hydrogen (secondary N) is 1. The molecule has 164 valence electrons. The van der Waals surface area contributed by atoms with E-state index in [9.17, 15) is 0 Å². The van der Waals surface area contributed by atoms with Gasteiger partial charge in [-0.05, 0) is 48.5 Å². The summed E-state index contributed by atoms with van der Waals surface area (Å²) in [5.41, 5.74) is 7.53. The molecule has 5 N–H and O–H groups in total. The van der Waals surface area contributed by atoms with Gasteiger partial charge in [-0.1, -0.05) is 6.07 Å². The maximum absolute atomic E-state index is 7.64. The molecule has 12 nitrogen and oxygen atoms in total. The van der Waals surface area contributed by atoms with E-state index in [2.05, 4.69) is 46.0 Å². The van der Waals surface area contributed by atoms with Gasteiger partial charge in [0.25, 0.3) is 0 Å². The Balaban J connectivity index is 0.000000359. The van der Waals surface area contributed by atoms with Crippen molar-refractivity contribution in [1.82, 2.24) is 4.98 Å². The third-order valence-electron chi connectivity index (χ3n) is 3.40. The average Bonchev–Trinajstić information content (AvgIpc) is 2.75. The summed E-state index contributed by atoms with van der Waals surface area (Å²) in [6.45, 7) is 2.88. The Labute approximate surface area is 171 Å². The predicted octanol–water partition coefficient (Wildman–Crippen LogP) is 3.58. The number of ether oxygens (including phenoxy) is 1. The van der Waals surface area contributed by atoms with Crippen LogP contribution in [-0.4, -0.2) is 35.2 Å². The Morgan fingerprint density at radius 3 is 2.69 bits per heavy atom. The van der Waals surface area contributed by atoms with Gasteiger partial charge in [-0.15, -0.1) is 0 Å². The van der Waals surface area contributed by atoms with Gasteiger partial charge in [0.2, 0.25) is 18.1 Å². The van der Waals surface area contributed by atoms with E-state index >= 15 is 0 Å². The lowest BCUT2D eigenvalue weighted by Crippen LogP contribution is -2.17. The second-order valence-corrected chi connectivity index (χ2v) is 6.39. The Morgan fingerprint density at radius 1 is 1.21 bits per heavy atom. The topological polar surface area (TPSA) is 156 Å². The highest BCUT2D eigenvalue weighted by molar-refractivity contribution is 7.28. The minimum atomic E-state index is -0.672. The first kappa shape index (κ1) is 25.8. The summed E-state index contributed by atoms with van der Waals surface area (Å²) in [6, 6.07) is 8.33. The minimum absolute atomic E-state index is 0.362. The van der Waals surface area contributed by atoms with Crippen molar-refractivity contribution in [3.8, 4) is 5.75 Å². The van der Waals surface area contributed by atoms with Crippen molar-refractivity contribution < 1.29 is 44.0 Å². The van der Waals surface area contributed by atoms with E-state index < -0.39 is 18.1 Å². The standard InChI is InChI=1S/C15H21N3O.H4O8P2/c1-11(5-3-7-16)18-14-10-13(19-2)9-12-6-4-8-17-15(12)14;1-3-5-6-10-8-7-9-4-2/h4,6,8-11,18H,3,5,7,16H2,1-2H3;1-2,9-10H. The second kappa shape index (κ2) is 16.5. The molecule has 0 spiro atoms. The van der Waals surface area contributed by atoms with E-state index in [1.54, 1.807) is 7.11 Å². The van der Waals surface area contributed by atoms with Crippen molar-refractivity contribution in [2.45, 2.75) is 25.8 Å². The molecule has 0 saturated heterocycles.